The fraction of sp³-hybridized carbons (Fsp3) is 0.462. The van der Waals surface area contributed by atoms with E-state index in [1.165, 1.54) is 12.8 Å². The summed E-state index contributed by atoms with van der Waals surface area (Å²) in [5.41, 5.74) is 0.753. The lowest BCUT2D eigenvalue weighted by Gasteiger charge is -2.32. The first kappa shape index (κ1) is 14.2. The van der Waals surface area contributed by atoms with Crippen LogP contribution in [0.5, 0.6) is 0 Å². The number of hydrogen-bond donors (Lipinski definition) is 0. The molecule has 2 aromatic heterocycles. The minimum Gasteiger partial charge on any atom is -0.356 e. The maximum absolute atomic E-state index is 6.08. The summed E-state index contributed by atoms with van der Waals surface area (Å²) in [7, 11) is 2.58. The van der Waals surface area contributed by atoms with Gasteiger partial charge in [0.1, 0.15) is 11.0 Å². The highest BCUT2D eigenvalue weighted by atomic mass is 35.5. The van der Waals surface area contributed by atoms with Gasteiger partial charge in [0.05, 0.1) is 10.9 Å². The molecule has 0 amide bonds. The third-order valence-electron chi connectivity index (χ3n) is 3.64. The Hall–Kier alpha value is -0.700. The first-order chi connectivity index (χ1) is 9.56. The van der Waals surface area contributed by atoms with Crippen LogP contribution in [0, 0.1) is 5.92 Å². The van der Waals surface area contributed by atoms with Gasteiger partial charge in [-0.1, -0.05) is 27.8 Å². The average Bonchev–Trinajstić information content (AvgIpc) is 2.43. The number of nitrogens with zero attached hydrogens (tertiary/aromatic N) is 4. The molecule has 0 saturated carbocycles. The van der Waals surface area contributed by atoms with Crippen molar-refractivity contribution in [3.8, 4) is 0 Å². The van der Waals surface area contributed by atoms with Crippen molar-refractivity contribution in [1.29, 1.82) is 0 Å². The molecule has 0 aromatic carbocycles. The minimum absolute atomic E-state index is 0.247. The Morgan fingerprint density at radius 1 is 1.35 bits per heavy atom. The molecule has 2 unspecified atom stereocenters. The van der Waals surface area contributed by atoms with Gasteiger partial charge in [0.15, 0.2) is 0 Å². The Morgan fingerprint density at radius 2 is 2.15 bits per heavy atom. The van der Waals surface area contributed by atoms with Crippen LogP contribution in [0.4, 0.5) is 5.82 Å². The van der Waals surface area contributed by atoms with Crippen molar-refractivity contribution in [2.45, 2.75) is 19.8 Å². The highest BCUT2D eigenvalue weighted by Gasteiger charge is 2.21. The number of aromatic nitrogens is 3. The van der Waals surface area contributed by atoms with Crippen molar-refractivity contribution < 1.29 is 0 Å². The average molecular weight is 329 g/mol. The van der Waals surface area contributed by atoms with Crippen LogP contribution in [-0.2, 0) is 0 Å². The summed E-state index contributed by atoms with van der Waals surface area (Å²) in [5.74, 6) is 1.52. The number of pyridine rings is 1. The van der Waals surface area contributed by atoms with E-state index >= 15 is 0 Å². The summed E-state index contributed by atoms with van der Waals surface area (Å²) < 4.78 is 0. The molecular formula is C13H15Cl2N4P. The standard InChI is InChI=1S/C13H15Cl2N4P/c1-7-3-2-4-19(6-7)12-8-5-16-11(14)10(20)9(8)17-13(15)18-12/h5,7H,2-4,6,20H2,1H3. The van der Waals surface area contributed by atoms with E-state index in [-0.39, 0.29) is 5.28 Å². The molecule has 106 valence electrons. The van der Waals surface area contributed by atoms with Gasteiger partial charge in [-0.15, -0.1) is 0 Å². The topological polar surface area (TPSA) is 41.9 Å². The SMILES string of the molecule is CC1CCCN(c2nc(Cl)nc3c(P)c(Cl)ncc23)C1. The predicted molar refractivity (Wildman–Crippen MR) is 87.3 cm³/mol. The molecule has 0 N–H and O–H groups in total. The largest absolute Gasteiger partial charge is 0.356 e. The smallest absolute Gasteiger partial charge is 0.224 e. The molecule has 1 fully saturated rings. The van der Waals surface area contributed by atoms with Crippen molar-refractivity contribution in [1.82, 2.24) is 15.0 Å². The lowest BCUT2D eigenvalue weighted by atomic mass is 10.0. The monoisotopic (exact) mass is 328 g/mol. The van der Waals surface area contributed by atoms with Gasteiger partial charge in [0.25, 0.3) is 0 Å². The summed E-state index contributed by atoms with van der Waals surface area (Å²) in [4.78, 5) is 15.2. The number of rotatable bonds is 1. The molecule has 1 aliphatic heterocycles. The van der Waals surface area contributed by atoms with Crippen LogP contribution in [0.3, 0.4) is 0 Å². The highest BCUT2D eigenvalue weighted by Crippen LogP contribution is 2.29. The second-order valence-electron chi connectivity index (χ2n) is 5.23. The van der Waals surface area contributed by atoms with Crippen LogP contribution in [0.25, 0.3) is 10.9 Å². The van der Waals surface area contributed by atoms with E-state index in [1.54, 1.807) is 6.20 Å². The van der Waals surface area contributed by atoms with Crippen LogP contribution in [0.15, 0.2) is 6.20 Å². The number of halogens is 2. The molecular weight excluding hydrogens is 314 g/mol. The Labute approximate surface area is 130 Å². The van der Waals surface area contributed by atoms with E-state index in [9.17, 15) is 0 Å². The quantitative estimate of drug-likeness (QED) is 0.458. The van der Waals surface area contributed by atoms with Crippen LogP contribution < -0.4 is 10.2 Å². The molecule has 0 bridgehead atoms. The van der Waals surface area contributed by atoms with Gasteiger partial charge in [0.2, 0.25) is 5.28 Å². The van der Waals surface area contributed by atoms with Crippen LogP contribution >= 0.6 is 32.4 Å². The van der Waals surface area contributed by atoms with Gasteiger partial charge in [-0.25, -0.2) is 9.97 Å². The summed E-state index contributed by atoms with van der Waals surface area (Å²) in [6, 6.07) is 0. The van der Waals surface area contributed by atoms with Crippen molar-refractivity contribution in [2.24, 2.45) is 5.92 Å². The maximum Gasteiger partial charge on any atom is 0.224 e. The summed E-state index contributed by atoms with van der Waals surface area (Å²) >= 11 is 12.1. The van der Waals surface area contributed by atoms with Gasteiger partial charge in [-0.2, -0.15) is 4.98 Å². The Morgan fingerprint density at radius 3 is 2.90 bits per heavy atom. The molecule has 1 aliphatic rings. The zero-order valence-electron chi connectivity index (χ0n) is 11.1. The molecule has 0 spiro atoms. The Bertz CT molecular complexity index is 664. The number of anilines is 1. The summed E-state index contributed by atoms with van der Waals surface area (Å²) in [6.45, 7) is 4.23. The van der Waals surface area contributed by atoms with Crippen molar-refractivity contribution in [3.05, 3.63) is 16.6 Å². The molecule has 4 nitrogen and oxygen atoms in total. The first-order valence-electron chi connectivity index (χ1n) is 6.58. The molecule has 2 atom stereocenters. The summed E-state index contributed by atoms with van der Waals surface area (Å²) in [6.07, 6.45) is 4.15. The lowest BCUT2D eigenvalue weighted by Crippen LogP contribution is -2.35. The zero-order valence-corrected chi connectivity index (χ0v) is 13.8. The lowest BCUT2D eigenvalue weighted by molar-refractivity contribution is 0.445. The second-order valence-corrected chi connectivity index (χ2v) is 6.51. The van der Waals surface area contributed by atoms with Crippen molar-refractivity contribution >= 4 is 54.5 Å². The molecule has 0 aliphatic carbocycles. The Kier molecular flexibility index (Phi) is 3.98. The first-order valence-corrected chi connectivity index (χ1v) is 7.91. The zero-order chi connectivity index (χ0) is 14.3. The summed E-state index contributed by atoms with van der Waals surface area (Å²) in [5, 5.41) is 2.34. The third-order valence-corrected chi connectivity index (χ3v) is 4.84. The molecule has 0 radical (unpaired) electrons. The fourth-order valence-corrected chi connectivity index (χ4v) is 3.26. The van der Waals surface area contributed by atoms with Gasteiger partial charge < -0.3 is 4.90 Å². The van der Waals surface area contributed by atoms with Crippen LogP contribution in [0.2, 0.25) is 10.4 Å². The molecule has 1 saturated heterocycles. The normalized spacial score (nSPS) is 19.6. The van der Waals surface area contributed by atoms with E-state index in [0.29, 0.717) is 11.1 Å². The van der Waals surface area contributed by atoms with E-state index in [4.69, 9.17) is 23.2 Å². The molecule has 7 heteroatoms. The fourth-order valence-electron chi connectivity index (χ4n) is 2.67. The second kappa shape index (κ2) is 5.59. The van der Waals surface area contributed by atoms with Gasteiger partial charge in [-0.3, -0.25) is 0 Å². The predicted octanol–water partition coefficient (Wildman–Crippen LogP) is 3.07. The third kappa shape index (κ3) is 2.57. The van der Waals surface area contributed by atoms with Gasteiger partial charge in [0, 0.05) is 24.6 Å². The Balaban J connectivity index is 2.17. The van der Waals surface area contributed by atoms with Gasteiger partial charge >= 0.3 is 0 Å². The van der Waals surface area contributed by atoms with Crippen molar-refractivity contribution in [2.75, 3.05) is 18.0 Å². The van der Waals surface area contributed by atoms with E-state index in [1.807, 2.05) is 0 Å². The molecule has 3 rings (SSSR count). The molecule has 2 aromatic rings. The molecule has 3 heterocycles. The van der Waals surface area contributed by atoms with Crippen LogP contribution in [-0.4, -0.2) is 28.0 Å². The minimum atomic E-state index is 0.247. The number of piperidine rings is 1. The van der Waals surface area contributed by atoms with E-state index < -0.39 is 0 Å². The van der Waals surface area contributed by atoms with E-state index in [2.05, 4.69) is 36.0 Å². The number of hydrogen-bond acceptors (Lipinski definition) is 4. The molecule has 20 heavy (non-hydrogen) atoms. The maximum atomic E-state index is 6.08. The van der Waals surface area contributed by atoms with Crippen molar-refractivity contribution in [3.63, 3.8) is 0 Å². The van der Waals surface area contributed by atoms with Gasteiger partial charge in [-0.05, 0) is 30.4 Å². The highest BCUT2D eigenvalue weighted by molar-refractivity contribution is 7.28. The number of fused-ring (bicyclic) bond motifs is 1. The van der Waals surface area contributed by atoms with E-state index in [0.717, 1.165) is 35.1 Å². The van der Waals surface area contributed by atoms with Crippen LogP contribution in [0.1, 0.15) is 19.8 Å².